The van der Waals surface area contributed by atoms with Crippen molar-refractivity contribution in [1.29, 1.82) is 0 Å². The van der Waals surface area contributed by atoms with Crippen LogP contribution in [-0.4, -0.2) is 22.4 Å². The molecule has 0 heterocycles. The van der Waals surface area contributed by atoms with Gasteiger partial charge in [0.2, 0.25) is 0 Å². The summed E-state index contributed by atoms with van der Waals surface area (Å²) < 4.78 is 0. The van der Waals surface area contributed by atoms with Crippen molar-refractivity contribution in [2.75, 3.05) is 0 Å². The van der Waals surface area contributed by atoms with Gasteiger partial charge >= 0.3 is 0 Å². The maximum absolute atomic E-state index is 9.06. The minimum atomic E-state index is -0.605. The van der Waals surface area contributed by atoms with E-state index in [2.05, 4.69) is 6.58 Å². The van der Waals surface area contributed by atoms with E-state index < -0.39 is 12.2 Å². The molecule has 2 heteroatoms. The molecule has 0 radical (unpaired) electrons. The van der Waals surface area contributed by atoms with E-state index in [0.29, 0.717) is 6.42 Å². The topological polar surface area (TPSA) is 40.5 Å². The molecule has 0 aromatic carbocycles. The SMILES string of the molecule is C=CC(O)CC(O)/C=C/C. The van der Waals surface area contributed by atoms with Gasteiger partial charge in [0.25, 0.3) is 0 Å². The van der Waals surface area contributed by atoms with Crippen molar-refractivity contribution in [1.82, 2.24) is 0 Å². The van der Waals surface area contributed by atoms with Crippen LogP contribution in [0.25, 0.3) is 0 Å². The Bertz CT molecular complexity index is 118. The zero-order chi connectivity index (χ0) is 7.98. The molecule has 2 atom stereocenters. The smallest absolute Gasteiger partial charge is 0.0748 e. The Morgan fingerprint density at radius 2 is 2.00 bits per heavy atom. The monoisotopic (exact) mass is 142 g/mol. The maximum atomic E-state index is 9.06. The lowest BCUT2D eigenvalue weighted by Crippen LogP contribution is -2.12. The van der Waals surface area contributed by atoms with Crippen LogP contribution < -0.4 is 0 Å². The van der Waals surface area contributed by atoms with Gasteiger partial charge in [0.1, 0.15) is 0 Å². The second-order valence-electron chi connectivity index (χ2n) is 2.13. The molecular weight excluding hydrogens is 128 g/mol. The van der Waals surface area contributed by atoms with E-state index in [4.69, 9.17) is 10.2 Å². The first kappa shape index (κ1) is 9.40. The molecule has 0 saturated heterocycles. The molecular formula is C8H14O2. The molecule has 0 saturated carbocycles. The summed E-state index contributed by atoms with van der Waals surface area (Å²) in [6.45, 7) is 5.21. The van der Waals surface area contributed by atoms with Gasteiger partial charge in [-0.25, -0.2) is 0 Å². The highest BCUT2D eigenvalue weighted by Crippen LogP contribution is 1.99. The van der Waals surface area contributed by atoms with E-state index in [9.17, 15) is 0 Å². The number of allylic oxidation sites excluding steroid dienone is 1. The molecule has 2 nitrogen and oxygen atoms in total. The van der Waals surface area contributed by atoms with Crippen LogP contribution in [0.4, 0.5) is 0 Å². The lowest BCUT2D eigenvalue weighted by atomic mass is 10.1. The van der Waals surface area contributed by atoms with Crippen molar-refractivity contribution < 1.29 is 10.2 Å². The Labute approximate surface area is 61.5 Å². The van der Waals surface area contributed by atoms with Crippen LogP contribution in [0.5, 0.6) is 0 Å². The fourth-order valence-electron chi connectivity index (χ4n) is 0.644. The first-order valence-electron chi connectivity index (χ1n) is 3.32. The van der Waals surface area contributed by atoms with E-state index in [-0.39, 0.29) is 0 Å². The Balaban J connectivity index is 3.55. The summed E-state index contributed by atoms with van der Waals surface area (Å²) in [5, 5.41) is 18.0. The second-order valence-corrected chi connectivity index (χ2v) is 2.13. The summed E-state index contributed by atoms with van der Waals surface area (Å²) >= 11 is 0. The van der Waals surface area contributed by atoms with E-state index in [0.717, 1.165) is 0 Å². The lowest BCUT2D eigenvalue weighted by molar-refractivity contribution is 0.133. The first-order chi connectivity index (χ1) is 4.70. The highest BCUT2D eigenvalue weighted by molar-refractivity contribution is 4.90. The number of rotatable bonds is 4. The van der Waals surface area contributed by atoms with Gasteiger partial charge in [-0.15, -0.1) is 6.58 Å². The molecule has 2 unspecified atom stereocenters. The third kappa shape index (κ3) is 4.30. The van der Waals surface area contributed by atoms with Gasteiger partial charge in [0.05, 0.1) is 12.2 Å². The molecule has 0 aromatic rings. The highest BCUT2D eigenvalue weighted by atomic mass is 16.3. The summed E-state index contributed by atoms with van der Waals surface area (Å²) in [7, 11) is 0. The number of hydrogen-bond donors (Lipinski definition) is 2. The van der Waals surface area contributed by atoms with Crippen LogP contribution >= 0.6 is 0 Å². The average molecular weight is 142 g/mol. The molecule has 0 bridgehead atoms. The minimum absolute atomic E-state index is 0.327. The molecule has 0 rings (SSSR count). The van der Waals surface area contributed by atoms with Gasteiger partial charge in [0, 0.05) is 6.42 Å². The van der Waals surface area contributed by atoms with Crippen LogP contribution in [0.15, 0.2) is 24.8 Å². The molecule has 0 spiro atoms. The fourth-order valence-corrected chi connectivity index (χ4v) is 0.644. The van der Waals surface area contributed by atoms with Gasteiger partial charge in [-0.3, -0.25) is 0 Å². The van der Waals surface area contributed by atoms with Crippen LogP contribution in [-0.2, 0) is 0 Å². The third-order valence-electron chi connectivity index (χ3n) is 1.17. The molecule has 2 N–H and O–H groups in total. The molecule has 0 aliphatic rings. The molecule has 0 aromatic heterocycles. The van der Waals surface area contributed by atoms with Gasteiger partial charge in [-0.2, -0.15) is 0 Å². The van der Waals surface area contributed by atoms with Crippen molar-refractivity contribution in [2.24, 2.45) is 0 Å². The standard InChI is InChI=1S/C8H14O2/c1-3-5-8(10)6-7(9)4-2/h3-5,7-10H,2,6H2,1H3/b5-3+. The Morgan fingerprint density at radius 3 is 2.40 bits per heavy atom. The second kappa shape index (κ2) is 5.21. The van der Waals surface area contributed by atoms with E-state index in [1.54, 1.807) is 12.2 Å². The minimum Gasteiger partial charge on any atom is -0.389 e. The number of aliphatic hydroxyl groups excluding tert-OH is 2. The van der Waals surface area contributed by atoms with Gasteiger partial charge in [0.15, 0.2) is 0 Å². The van der Waals surface area contributed by atoms with Crippen molar-refractivity contribution >= 4 is 0 Å². The summed E-state index contributed by atoms with van der Waals surface area (Å²) in [5.41, 5.74) is 0. The Kier molecular flexibility index (Phi) is 4.89. The first-order valence-corrected chi connectivity index (χ1v) is 3.32. The average Bonchev–Trinajstić information content (AvgIpc) is 1.88. The van der Waals surface area contributed by atoms with Gasteiger partial charge in [-0.1, -0.05) is 18.2 Å². The van der Waals surface area contributed by atoms with E-state index in [1.165, 1.54) is 6.08 Å². The van der Waals surface area contributed by atoms with E-state index in [1.807, 2.05) is 6.92 Å². The van der Waals surface area contributed by atoms with Crippen molar-refractivity contribution in [3.63, 3.8) is 0 Å². The predicted octanol–water partition coefficient (Wildman–Crippen LogP) is 0.860. The number of hydrogen-bond acceptors (Lipinski definition) is 2. The quantitative estimate of drug-likeness (QED) is 0.571. The lowest BCUT2D eigenvalue weighted by Gasteiger charge is -2.07. The maximum Gasteiger partial charge on any atom is 0.0748 e. The summed E-state index contributed by atoms with van der Waals surface area (Å²) in [4.78, 5) is 0. The summed E-state index contributed by atoms with van der Waals surface area (Å²) in [6, 6.07) is 0. The zero-order valence-electron chi connectivity index (χ0n) is 6.20. The molecule has 0 aliphatic heterocycles. The van der Waals surface area contributed by atoms with Crippen LogP contribution in [0.3, 0.4) is 0 Å². The summed E-state index contributed by atoms with van der Waals surface area (Å²) in [5.74, 6) is 0. The Morgan fingerprint density at radius 1 is 1.40 bits per heavy atom. The largest absolute Gasteiger partial charge is 0.389 e. The molecule has 0 amide bonds. The van der Waals surface area contributed by atoms with Gasteiger partial charge < -0.3 is 10.2 Å². The van der Waals surface area contributed by atoms with Crippen molar-refractivity contribution in [3.8, 4) is 0 Å². The van der Waals surface area contributed by atoms with Crippen molar-refractivity contribution in [3.05, 3.63) is 24.8 Å². The van der Waals surface area contributed by atoms with Crippen LogP contribution in [0.2, 0.25) is 0 Å². The molecule has 0 aliphatic carbocycles. The van der Waals surface area contributed by atoms with Gasteiger partial charge in [-0.05, 0) is 6.92 Å². The normalized spacial score (nSPS) is 17.1. The molecule has 58 valence electrons. The zero-order valence-corrected chi connectivity index (χ0v) is 6.20. The van der Waals surface area contributed by atoms with Crippen LogP contribution in [0, 0.1) is 0 Å². The third-order valence-corrected chi connectivity index (χ3v) is 1.17. The van der Waals surface area contributed by atoms with Crippen LogP contribution in [0.1, 0.15) is 13.3 Å². The fraction of sp³-hybridized carbons (Fsp3) is 0.500. The highest BCUT2D eigenvalue weighted by Gasteiger charge is 2.03. The van der Waals surface area contributed by atoms with E-state index >= 15 is 0 Å². The van der Waals surface area contributed by atoms with Crippen molar-refractivity contribution in [2.45, 2.75) is 25.6 Å². The molecule has 0 fully saturated rings. The Hall–Kier alpha value is -0.600. The molecule has 10 heavy (non-hydrogen) atoms. The number of aliphatic hydroxyl groups is 2. The predicted molar refractivity (Wildman–Crippen MR) is 41.6 cm³/mol. The summed E-state index contributed by atoms with van der Waals surface area (Å²) in [6.07, 6.45) is 3.96.